The van der Waals surface area contributed by atoms with Gasteiger partial charge in [-0.25, -0.2) is 9.07 Å². The Balaban J connectivity index is 1.78. The number of rotatable bonds is 5. The molecule has 2 amide bonds. The van der Waals surface area contributed by atoms with E-state index in [9.17, 15) is 14.0 Å². The summed E-state index contributed by atoms with van der Waals surface area (Å²) in [5.74, 6) is -0.530. The smallest absolute Gasteiger partial charge is 0.251 e. The lowest BCUT2D eigenvalue weighted by atomic mass is 9.81. The van der Waals surface area contributed by atoms with E-state index in [1.165, 1.54) is 12.1 Å². The molecule has 4 rings (SSSR count). The van der Waals surface area contributed by atoms with Gasteiger partial charge >= 0.3 is 0 Å². The fraction of sp³-hybridized carbons (Fsp3) is 0.400. The third-order valence-electron chi connectivity index (χ3n) is 6.36. The van der Waals surface area contributed by atoms with Crippen LogP contribution in [0.4, 0.5) is 10.2 Å². The highest BCUT2D eigenvalue weighted by Gasteiger charge is 2.42. The van der Waals surface area contributed by atoms with E-state index < -0.39 is 12.0 Å². The number of allylic oxidation sites excluding steroid dienone is 2. The van der Waals surface area contributed by atoms with Crippen molar-refractivity contribution >= 4 is 17.6 Å². The monoisotopic (exact) mass is 436 g/mol. The molecule has 2 aliphatic rings. The van der Waals surface area contributed by atoms with Crippen LogP contribution in [-0.2, 0) is 9.59 Å². The lowest BCUT2D eigenvalue weighted by molar-refractivity contribution is -0.124. The second-order valence-corrected chi connectivity index (χ2v) is 8.76. The van der Waals surface area contributed by atoms with Crippen LogP contribution in [0.1, 0.15) is 62.4 Å². The van der Waals surface area contributed by atoms with Gasteiger partial charge in [0.15, 0.2) is 0 Å². The fourth-order valence-corrected chi connectivity index (χ4v) is 4.46. The largest absolute Gasteiger partial charge is 0.339 e. The van der Waals surface area contributed by atoms with Crippen molar-refractivity contribution < 1.29 is 14.0 Å². The predicted octanol–water partition coefficient (Wildman–Crippen LogP) is 4.39. The summed E-state index contributed by atoms with van der Waals surface area (Å²) in [5.41, 5.74) is 2.93. The van der Waals surface area contributed by atoms with E-state index >= 15 is 0 Å². The summed E-state index contributed by atoms with van der Waals surface area (Å²) >= 11 is 0. The van der Waals surface area contributed by atoms with Gasteiger partial charge in [-0.15, -0.1) is 0 Å². The number of carbonyl (C=O) groups excluding carboxylic acids is 2. The number of fused-ring (bicyclic) bond motifs is 1. The summed E-state index contributed by atoms with van der Waals surface area (Å²) in [5, 5.41) is 10.6. The molecule has 0 saturated heterocycles. The van der Waals surface area contributed by atoms with Crippen LogP contribution in [0.25, 0.3) is 0 Å². The second-order valence-electron chi connectivity index (χ2n) is 8.76. The lowest BCUT2D eigenvalue weighted by Gasteiger charge is -2.33. The van der Waals surface area contributed by atoms with Crippen LogP contribution in [-0.4, -0.2) is 27.6 Å². The number of aryl methyl sites for hydroxylation is 1. The molecule has 0 fully saturated rings. The standard InChI is InChI=1S/C25H29FN4O2/c1-5-15(3)30-23-20(16(4)29-30)21(17-9-11-19(26)12-10-17)22(25(32)28-23)27-24(31)18-8-6-7-14(2)13-18/h6,8-15,21-22H,5,7H2,1-4H3,(H,27,31)(H,28,32)/t14?,15?,21-,22-/m0/s1. The van der Waals surface area contributed by atoms with Crippen molar-refractivity contribution in [3.63, 3.8) is 0 Å². The van der Waals surface area contributed by atoms with Crippen molar-refractivity contribution in [2.24, 2.45) is 5.92 Å². The summed E-state index contributed by atoms with van der Waals surface area (Å²) in [7, 11) is 0. The minimum atomic E-state index is -0.847. The quantitative estimate of drug-likeness (QED) is 0.730. The Kier molecular flexibility index (Phi) is 6.00. The van der Waals surface area contributed by atoms with Crippen molar-refractivity contribution in [3.05, 3.63) is 70.7 Å². The summed E-state index contributed by atoms with van der Waals surface area (Å²) in [6.07, 6.45) is 7.41. The predicted molar refractivity (Wildman–Crippen MR) is 122 cm³/mol. The van der Waals surface area contributed by atoms with Gasteiger partial charge in [0.05, 0.1) is 11.7 Å². The molecule has 2 heterocycles. The number of nitrogens with one attached hydrogen (secondary N) is 2. The molecule has 0 spiro atoms. The first-order valence-corrected chi connectivity index (χ1v) is 11.1. The van der Waals surface area contributed by atoms with Crippen molar-refractivity contribution in [3.8, 4) is 0 Å². The maximum Gasteiger partial charge on any atom is 0.251 e. The Morgan fingerprint density at radius 2 is 2.06 bits per heavy atom. The minimum absolute atomic E-state index is 0.0942. The number of anilines is 1. The van der Waals surface area contributed by atoms with E-state index in [1.807, 2.05) is 37.6 Å². The van der Waals surface area contributed by atoms with E-state index in [-0.39, 0.29) is 29.6 Å². The van der Waals surface area contributed by atoms with Crippen LogP contribution in [0, 0.1) is 18.7 Å². The summed E-state index contributed by atoms with van der Waals surface area (Å²) in [6, 6.07) is 5.34. The Bertz CT molecular complexity index is 1100. The molecule has 0 radical (unpaired) electrons. The fourth-order valence-electron chi connectivity index (χ4n) is 4.46. The molecule has 0 bridgehead atoms. The van der Waals surface area contributed by atoms with Crippen LogP contribution in [0.15, 0.2) is 48.1 Å². The Hall–Kier alpha value is -3.22. The molecule has 1 aromatic heterocycles. The normalized spacial score (nSPS) is 23.2. The van der Waals surface area contributed by atoms with Crippen molar-refractivity contribution in [1.82, 2.24) is 15.1 Å². The zero-order valence-electron chi connectivity index (χ0n) is 18.9. The van der Waals surface area contributed by atoms with Gasteiger partial charge in [0.25, 0.3) is 5.91 Å². The van der Waals surface area contributed by atoms with E-state index in [1.54, 1.807) is 18.2 Å². The van der Waals surface area contributed by atoms with Crippen LogP contribution in [0.3, 0.4) is 0 Å². The van der Waals surface area contributed by atoms with Crippen LogP contribution < -0.4 is 10.6 Å². The number of aromatic nitrogens is 2. The van der Waals surface area contributed by atoms with Crippen LogP contribution >= 0.6 is 0 Å². The first-order chi connectivity index (χ1) is 15.3. The van der Waals surface area contributed by atoms with Gasteiger partial charge < -0.3 is 10.6 Å². The lowest BCUT2D eigenvalue weighted by Crippen LogP contribution is -2.51. The molecular weight excluding hydrogens is 407 g/mol. The summed E-state index contributed by atoms with van der Waals surface area (Å²) in [4.78, 5) is 26.3. The second kappa shape index (κ2) is 8.73. The number of hydrogen-bond acceptors (Lipinski definition) is 3. The van der Waals surface area contributed by atoms with Gasteiger partial charge in [0.1, 0.15) is 17.7 Å². The van der Waals surface area contributed by atoms with E-state index in [2.05, 4.69) is 17.6 Å². The molecule has 2 unspecified atom stereocenters. The first kappa shape index (κ1) is 22.0. The Labute approximate surface area is 187 Å². The number of hydrogen-bond donors (Lipinski definition) is 2. The third kappa shape index (κ3) is 3.99. The molecule has 2 N–H and O–H groups in total. The number of carbonyl (C=O) groups is 2. The van der Waals surface area contributed by atoms with E-state index in [0.29, 0.717) is 11.4 Å². The van der Waals surface area contributed by atoms with E-state index in [4.69, 9.17) is 5.10 Å². The molecule has 1 aliphatic carbocycles. The highest BCUT2D eigenvalue weighted by Crippen LogP contribution is 2.41. The average molecular weight is 437 g/mol. The molecule has 0 saturated carbocycles. The molecule has 4 atom stereocenters. The van der Waals surface area contributed by atoms with Crippen LogP contribution in [0.5, 0.6) is 0 Å². The van der Waals surface area contributed by atoms with Crippen molar-refractivity contribution in [1.29, 1.82) is 0 Å². The first-order valence-electron chi connectivity index (χ1n) is 11.1. The van der Waals surface area contributed by atoms with Gasteiger partial charge in [-0.3, -0.25) is 9.59 Å². The van der Waals surface area contributed by atoms with Gasteiger partial charge in [-0.05, 0) is 50.3 Å². The van der Waals surface area contributed by atoms with Gasteiger partial charge in [-0.2, -0.15) is 5.10 Å². The molecule has 2 aromatic rings. The van der Waals surface area contributed by atoms with Gasteiger partial charge in [0.2, 0.25) is 5.91 Å². The highest BCUT2D eigenvalue weighted by atomic mass is 19.1. The molecule has 1 aliphatic heterocycles. The SMILES string of the molecule is CCC(C)n1nc(C)c2c1NC(=O)[C@@H](NC(=O)C1=CC(C)CC=C1)[C@H]2c1ccc(F)cc1. The minimum Gasteiger partial charge on any atom is -0.339 e. The third-order valence-corrected chi connectivity index (χ3v) is 6.36. The van der Waals surface area contributed by atoms with E-state index in [0.717, 1.165) is 29.7 Å². The highest BCUT2D eigenvalue weighted by molar-refractivity contribution is 6.04. The number of benzene rings is 1. The Morgan fingerprint density at radius 3 is 2.72 bits per heavy atom. The number of nitrogens with zero attached hydrogens (tertiary/aromatic N) is 2. The topological polar surface area (TPSA) is 76.0 Å². The van der Waals surface area contributed by atoms with Gasteiger partial charge in [0, 0.05) is 17.1 Å². The zero-order valence-corrected chi connectivity index (χ0v) is 18.9. The Morgan fingerprint density at radius 1 is 1.34 bits per heavy atom. The molecule has 1 aromatic carbocycles. The average Bonchev–Trinajstić information content (AvgIpc) is 3.10. The molecular formula is C25H29FN4O2. The van der Waals surface area contributed by atoms with Gasteiger partial charge in [-0.1, -0.05) is 44.2 Å². The molecule has 168 valence electrons. The van der Waals surface area contributed by atoms with Crippen molar-refractivity contribution in [2.75, 3.05) is 5.32 Å². The number of halogens is 1. The maximum absolute atomic E-state index is 13.7. The molecule has 32 heavy (non-hydrogen) atoms. The van der Waals surface area contributed by atoms with Crippen molar-refractivity contribution in [2.45, 2.75) is 58.5 Å². The molecule has 7 heteroatoms. The van der Waals surface area contributed by atoms with Crippen LogP contribution in [0.2, 0.25) is 0 Å². The number of amides is 2. The molecule has 6 nitrogen and oxygen atoms in total. The zero-order chi connectivity index (χ0) is 23.0. The summed E-state index contributed by atoms with van der Waals surface area (Å²) < 4.78 is 15.5. The maximum atomic E-state index is 13.7. The summed E-state index contributed by atoms with van der Waals surface area (Å²) in [6.45, 7) is 8.05.